The molecule has 2 aromatic carbocycles. The smallest absolute Gasteiger partial charge is 0.00958 e. The van der Waals surface area contributed by atoms with Gasteiger partial charge in [-0.2, -0.15) is 0 Å². The van der Waals surface area contributed by atoms with Gasteiger partial charge >= 0.3 is 0 Å². The predicted octanol–water partition coefficient (Wildman–Crippen LogP) is 4.30. The molecule has 0 radical (unpaired) electrons. The van der Waals surface area contributed by atoms with E-state index >= 15 is 0 Å². The summed E-state index contributed by atoms with van der Waals surface area (Å²) in [6, 6.07) is 20.7. The van der Waals surface area contributed by atoms with Crippen LogP contribution in [0.2, 0.25) is 0 Å². The van der Waals surface area contributed by atoms with Gasteiger partial charge in [0.25, 0.3) is 0 Å². The number of hydrogen-bond acceptors (Lipinski definition) is 1. The lowest BCUT2D eigenvalue weighted by Crippen LogP contribution is -2.25. The zero-order valence-corrected chi connectivity index (χ0v) is 13.0. The molecule has 0 bridgehead atoms. The molecule has 0 spiro atoms. The van der Waals surface area contributed by atoms with Crippen LogP contribution >= 0.6 is 0 Å². The van der Waals surface area contributed by atoms with Crippen LogP contribution in [0.3, 0.4) is 0 Å². The molecule has 1 aliphatic heterocycles. The molecule has 1 fully saturated rings. The maximum atomic E-state index is 2.52. The third-order valence-corrected chi connectivity index (χ3v) is 4.71. The lowest BCUT2D eigenvalue weighted by molar-refractivity contribution is 0.296. The standard InChI is InChI=1S/C20H25N/c1-21-15-5-8-20(21)14-13-17-9-11-19(12-10-17)16-18-6-3-2-4-7-18/h2-4,6-7,9-12,20H,5,8,13-16H2,1H3/t20-/m0/s1. The predicted molar refractivity (Wildman–Crippen MR) is 89.7 cm³/mol. The van der Waals surface area contributed by atoms with Gasteiger partial charge in [0.05, 0.1) is 0 Å². The Morgan fingerprint density at radius 3 is 2.24 bits per heavy atom. The summed E-state index contributed by atoms with van der Waals surface area (Å²) in [6.45, 7) is 1.28. The molecule has 1 heteroatoms. The molecule has 1 nitrogen and oxygen atoms in total. The zero-order valence-electron chi connectivity index (χ0n) is 13.0. The second kappa shape index (κ2) is 6.91. The minimum absolute atomic E-state index is 0.800. The highest BCUT2D eigenvalue weighted by atomic mass is 15.1. The van der Waals surface area contributed by atoms with Gasteiger partial charge in [0.15, 0.2) is 0 Å². The summed E-state index contributed by atoms with van der Waals surface area (Å²) in [5.41, 5.74) is 4.27. The first-order valence-corrected chi connectivity index (χ1v) is 8.13. The Kier molecular flexibility index (Phi) is 4.72. The number of nitrogens with zero attached hydrogens (tertiary/aromatic N) is 1. The van der Waals surface area contributed by atoms with E-state index in [-0.39, 0.29) is 0 Å². The summed E-state index contributed by atoms with van der Waals surface area (Å²) in [5.74, 6) is 0. The van der Waals surface area contributed by atoms with E-state index in [1.807, 2.05) is 0 Å². The van der Waals surface area contributed by atoms with Crippen LogP contribution in [0, 0.1) is 0 Å². The van der Waals surface area contributed by atoms with Crippen molar-refractivity contribution >= 4 is 0 Å². The minimum Gasteiger partial charge on any atom is -0.303 e. The molecule has 0 aromatic heterocycles. The van der Waals surface area contributed by atoms with E-state index in [0.29, 0.717) is 0 Å². The quantitative estimate of drug-likeness (QED) is 0.788. The average Bonchev–Trinajstić information content (AvgIpc) is 2.93. The molecule has 0 N–H and O–H groups in total. The van der Waals surface area contributed by atoms with Crippen LogP contribution in [0.25, 0.3) is 0 Å². The molecule has 21 heavy (non-hydrogen) atoms. The zero-order chi connectivity index (χ0) is 14.5. The normalized spacial score (nSPS) is 19.0. The molecule has 1 aliphatic rings. The maximum absolute atomic E-state index is 2.52. The summed E-state index contributed by atoms with van der Waals surface area (Å²) >= 11 is 0. The van der Waals surface area contributed by atoms with Gasteiger partial charge in [0.1, 0.15) is 0 Å². The molecule has 0 aliphatic carbocycles. The third-order valence-electron chi connectivity index (χ3n) is 4.71. The second-order valence-electron chi connectivity index (χ2n) is 6.29. The molecular weight excluding hydrogens is 254 g/mol. The highest BCUT2D eigenvalue weighted by Gasteiger charge is 2.19. The maximum Gasteiger partial charge on any atom is 0.00958 e. The largest absolute Gasteiger partial charge is 0.303 e. The van der Waals surface area contributed by atoms with Crippen molar-refractivity contribution in [3.63, 3.8) is 0 Å². The van der Waals surface area contributed by atoms with Crippen LogP contribution in [0.15, 0.2) is 54.6 Å². The third kappa shape index (κ3) is 3.95. The fraction of sp³-hybridized carbons (Fsp3) is 0.400. The van der Waals surface area contributed by atoms with Gasteiger partial charge in [-0.15, -0.1) is 0 Å². The van der Waals surface area contributed by atoms with Crippen molar-refractivity contribution in [1.82, 2.24) is 4.90 Å². The van der Waals surface area contributed by atoms with Crippen molar-refractivity contribution in [3.05, 3.63) is 71.3 Å². The monoisotopic (exact) mass is 279 g/mol. The molecule has 0 unspecified atom stereocenters. The van der Waals surface area contributed by atoms with Crippen LogP contribution < -0.4 is 0 Å². The summed E-state index contributed by atoms with van der Waals surface area (Å²) in [6.07, 6.45) is 6.29. The van der Waals surface area contributed by atoms with E-state index in [2.05, 4.69) is 66.5 Å². The molecule has 0 saturated carbocycles. The summed E-state index contributed by atoms with van der Waals surface area (Å²) < 4.78 is 0. The van der Waals surface area contributed by atoms with Crippen molar-refractivity contribution in [3.8, 4) is 0 Å². The highest BCUT2D eigenvalue weighted by molar-refractivity contribution is 5.28. The van der Waals surface area contributed by atoms with Crippen molar-refractivity contribution < 1.29 is 0 Å². The average molecular weight is 279 g/mol. The van der Waals surface area contributed by atoms with Gasteiger partial charge in [-0.1, -0.05) is 54.6 Å². The highest BCUT2D eigenvalue weighted by Crippen LogP contribution is 2.20. The number of likely N-dealkylation sites (tertiary alicyclic amines) is 1. The molecule has 1 saturated heterocycles. The van der Waals surface area contributed by atoms with Gasteiger partial charge in [0, 0.05) is 6.04 Å². The lowest BCUT2D eigenvalue weighted by atomic mass is 10.00. The number of aryl methyl sites for hydroxylation is 1. The van der Waals surface area contributed by atoms with Crippen LogP contribution in [-0.4, -0.2) is 24.5 Å². The Labute approximate surface area is 128 Å². The Hall–Kier alpha value is -1.60. The van der Waals surface area contributed by atoms with E-state index in [9.17, 15) is 0 Å². The molecule has 110 valence electrons. The first kappa shape index (κ1) is 14.3. The van der Waals surface area contributed by atoms with E-state index in [1.165, 1.54) is 48.9 Å². The number of rotatable bonds is 5. The van der Waals surface area contributed by atoms with Crippen molar-refractivity contribution in [2.45, 2.75) is 38.1 Å². The fourth-order valence-corrected chi connectivity index (χ4v) is 3.33. The molecule has 1 heterocycles. The van der Waals surface area contributed by atoms with Gasteiger partial charge < -0.3 is 4.90 Å². The van der Waals surface area contributed by atoms with E-state index in [1.54, 1.807) is 0 Å². The lowest BCUT2D eigenvalue weighted by Gasteiger charge is -2.19. The van der Waals surface area contributed by atoms with Gasteiger partial charge in [-0.05, 0) is 62.4 Å². The minimum atomic E-state index is 0.800. The number of benzene rings is 2. The molecule has 1 atom stereocenters. The first-order valence-electron chi connectivity index (χ1n) is 8.13. The van der Waals surface area contributed by atoms with E-state index in [4.69, 9.17) is 0 Å². The van der Waals surface area contributed by atoms with Crippen LogP contribution in [0.5, 0.6) is 0 Å². The first-order chi connectivity index (χ1) is 10.3. The van der Waals surface area contributed by atoms with Crippen LogP contribution in [0.1, 0.15) is 36.0 Å². The van der Waals surface area contributed by atoms with Crippen molar-refractivity contribution in [2.75, 3.05) is 13.6 Å². The second-order valence-corrected chi connectivity index (χ2v) is 6.29. The van der Waals surface area contributed by atoms with Gasteiger partial charge in [-0.3, -0.25) is 0 Å². The van der Waals surface area contributed by atoms with E-state index in [0.717, 1.165) is 12.5 Å². The molecule has 2 aromatic rings. The molecule has 3 rings (SSSR count). The summed E-state index contributed by atoms with van der Waals surface area (Å²) in [4.78, 5) is 2.52. The molecular formula is C20H25N. The van der Waals surface area contributed by atoms with E-state index < -0.39 is 0 Å². The van der Waals surface area contributed by atoms with Gasteiger partial charge in [-0.25, -0.2) is 0 Å². The van der Waals surface area contributed by atoms with Crippen molar-refractivity contribution in [1.29, 1.82) is 0 Å². The summed E-state index contributed by atoms with van der Waals surface area (Å²) in [5, 5.41) is 0. The topological polar surface area (TPSA) is 3.24 Å². The Morgan fingerprint density at radius 2 is 1.57 bits per heavy atom. The Bertz CT molecular complexity index is 544. The number of hydrogen-bond donors (Lipinski definition) is 0. The van der Waals surface area contributed by atoms with Crippen LogP contribution in [-0.2, 0) is 12.8 Å². The SMILES string of the molecule is CN1CCC[C@H]1CCc1ccc(Cc2ccccc2)cc1. The fourth-order valence-electron chi connectivity index (χ4n) is 3.33. The Balaban J connectivity index is 1.54. The van der Waals surface area contributed by atoms with Crippen LogP contribution in [0.4, 0.5) is 0 Å². The van der Waals surface area contributed by atoms with Gasteiger partial charge in [0.2, 0.25) is 0 Å². The Morgan fingerprint density at radius 1 is 0.905 bits per heavy atom. The molecule has 0 amide bonds. The summed E-state index contributed by atoms with van der Waals surface area (Å²) in [7, 11) is 2.26. The van der Waals surface area contributed by atoms with Crippen molar-refractivity contribution in [2.24, 2.45) is 0 Å².